The lowest BCUT2D eigenvalue weighted by Gasteiger charge is -2.51. The third kappa shape index (κ3) is 3.85. The van der Waals surface area contributed by atoms with Gasteiger partial charge < -0.3 is 35.0 Å². The van der Waals surface area contributed by atoms with Crippen molar-refractivity contribution in [2.75, 3.05) is 13.2 Å². The van der Waals surface area contributed by atoms with E-state index in [4.69, 9.17) is 9.47 Å². The maximum absolute atomic E-state index is 13.3. The predicted molar refractivity (Wildman–Crippen MR) is 118 cm³/mol. The molecule has 1 saturated carbocycles. The lowest BCUT2D eigenvalue weighted by Crippen LogP contribution is -2.49. The topological polar surface area (TPSA) is 171 Å². The number of rotatable bonds is 5. The number of phenolic OH excluding ortho intramolecular Hbond substituents is 3. The van der Waals surface area contributed by atoms with Crippen molar-refractivity contribution in [3.63, 3.8) is 0 Å². The lowest BCUT2D eigenvalue weighted by atomic mass is 9.53. The van der Waals surface area contributed by atoms with E-state index in [2.05, 4.69) is 0 Å². The summed E-state index contributed by atoms with van der Waals surface area (Å²) in [6.45, 7) is 6.42. The fourth-order valence-corrected chi connectivity index (χ4v) is 5.73. The highest BCUT2D eigenvalue weighted by atomic mass is 16.5. The van der Waals surface area contributed by atoms with E-state index in [0.29, 0.717) is 12.0 Å². The molecule has 0 unspecified atom stereocenters. The summed E-state index contributed by atoms with van der Waals surface area (Å²) in [5.41, 5.74) is -2.78. The molecule has 2 aliphatic carbocycles. The summed E-state index contributed by atoms with van der Waals surface area (Å²) in [5.74, 6) is -6.17. The molecule has 0 bridgehead atoms. The summed E-state index contributed by atoms with van der Waals surface area (Å²) < 4.78 is 10.3. The van der Waals surface area contributed by atoms with Gasteiger partial charge in [0.15, 0.2) is 17.3 Å². The summed E-state index contributed by atoms with van der Waals surface area (Å²) in [5, 5.41) is 53.8. The van der Waals surface area contributed by atoms with E-state index in [1.807, 2.05) is 0 Å². The Morgan fingerprint density at radius 3 is 2.15 bits per heavy atom. The molecule has 5 N–H and O–H groups in total. The Hall–Kier alpha value is -3.27. The number of hydrogen-bond donors (Lipinski definition) is 5. The van der Waals surface area contributed by atoms with Gasteiger partial charge in [-0.3, -0.25) is 14.4 Å². The molecule has 1 fully saturated rings. The first-order chi connectivity index (χ1) is 15.7. The number of aliphatic hydroxyl groups is 2. The minimum absolute atomic E-state index is 0.0678. The van der Waals surface area contributed by atoms with Crippen molar-refractivity contribution in [2.45, 2.75) is 64.9 Å². The van der Waals surface area contributed by atoms with Gasteiger partial charge in [0.2, 0.25) is 5.78 Å². The van der Waals surface area contributed by atoms with Crippen LogP contribution in [0.25, 0.3) is 0 Å². The van der Waals surface area contributed by atoms with E-state index in [1.165, 1.54) is 6.92 Å². The smallest absolute Gasteiger partial charge is 0.302 e. The number of Topliss-reactive ketones (excluding diaryl/α,β-unsaturated/α-hetero) is 1. The van der Waals surface area contributed by atoms with Crippen LogP contribution in [0.1, 0.15) is 74.9 Å². The first-order valence-corrected chi connectivity index (χ1v) is 10.9. The van der Waals surface area contributed by atoms with Crippen molar-refractivity contribution >= 4 is 17.7 Å². The fraction of sp³-hybridized carbons (Fsp3) is 0.542. The predicted octanol–water partition coefficient (Wildman–Crippen LogP) is 2.46. The molecule has 10 heteroatoms. The van der Waals surface area contributed by atoms with Gasteiger partial charge in [-0.05, 0) is 23.8 Å². The molecule has 3 rings (SSSR count). The van der Waals surface area contributed by atoms with E-state index in [9.17, 15) is 39.9 Å². The highest BCUT2D eigenvalue weighted by Crippen LogP contribution is 2.61. The number of aliphatic hydroxyl groups excluding tert-OH is 2. The molecule has 34 heavy (non-hydrogen) atoms. The van der Waals surface area contributed by atoms with Crippen LogP contribution in [0.5, 0.6) is 17.2 Å². The van der Waals surface area contributed by atoms with Crippen molar-refractivity contribution in [3.05, 3.63) is 28.0 Å². The Labute approximate surface area is 196 Å². The maximum atomic E-state index is 13.3. The molecule has 0 amide bonds. The molecule has 10 nitrogen and oxygen atoms in total. The average Bonchev–Trinajstić information content (AvgIpc) is 2.69. The molecular weight excluding hydrogens is 448 g/mol. The van der Waals surface area contributed by atoms with E-state index in [0.717, 1.165) is 6.92 Å². The van der Waals surface area contributed by atoms with Gasteiger partial charge in [-0.25, -0.2) is 0 Å². The molecule has 0 saturated heterocycles. The number of carbonyl (C=O) groups excluding carboxylic acids is 3. The van der Waals surface area contributed by atoms with Crippen molar-refractivity contribution in [3.8, 4) is 17.2 Å². The van der Waals surface area contributed by atoms with E-state index in [1.54, 1.807) is 20.8 Å². The van der Waals surface area contributed by atoms with Crippen molar-refractivity contribution < 1.29 is 49.4 Å². The van der Waals surface area contributed by atoms with E-state index in [-0.39, 0.29) is 17.5 Å². The van der Waals surface area contributed by atoms with Crippen LogP contribution in [0, 0.1) is 5.41 Å². The number of fused-ring (bicyclic) bond motifs is 3. The van der Waals surface area contributed by atoms with Gasteiger partial charge in [0.1, 0.15) is 18.5 Å². The Balaban J connectivity index is 2.30. The maximum Gasteiger partial charge on any atom is 0.302 e. The quantitative estimate of drug-likeness (QED) is 0.240. The third-order valence-electron chi connectivity index (χ3n) is 6.74. The largest absolute Gasteiger partial charge is 0.507 e. The van der Waals surface area contributed by atoms with Gasteiger partial charge >= 0.3 is 11.9 Å². The summed E-state index contributed by atoms with van der Waals surface area (Å²) in [6, 6.07) is 0. The van der Waals surface area contributed by atoms with Gasteiger partial charge in [-0.15, -0.1) is 0 Å². The van der Waals surface area contributed by atoms with Gasteiger partial charge in [0.05, 0.1) is 12.2 Å². The van der Waals surface area contributed by atoms with Gasteiger partial charge in [0, 0.05) is 36.3 Å². The number of esters is 2. The Morgan fingerprint density at radius 1 is 1.00 bits per heavy atom. The SMILES string of the molecule is CC(=O)OC[C@@H](CO)c1c(O)c(O)c2c(c1O)C(=O)C(O)=C1C(C)(C)C[C@H](OC(C)=O)C[C@@]12C. The molecule has 0 radical (unpaired) electrons. The minimum atomic E-state index is -1.29. The first kappa shape index (κ1) is 25.4. The van der Waals surface area contributed by atoms with Crippen LogP contribution >= 0.6 is 0 Å². The zero-order chi connectivity index (χ0) is 25.7. The number of carbonyl (C=O) groups is 3. The Kier molecular flexibility index (Phi) is 6.34. The second-order valence-electron chi connectivity index (χ2n) is 9.80. The zero-order valence-corrected chi connectivity index (χ0v) is 19.8. The standard InChI is InChI=1S/C24H30O10/c1-10(26)33-9-12(8-25)14-17(28)15-16(20(31)18(14)29)24(5)7-13(34-11(2)27)6-23(3,4)22(24)21(32)19(15)30/h12-13,25,28-29,31-32H,6-9H2,1-5H3/t12-,13+,24-/m1/s1. The monoisotopic (exact) mass is 478 g/mol. The molecule has 186 valence electrons. The van der Waals surface area contributed by atoms with E-state index >= 15 is 0 Å². The van der Waals surface area contributed by atoms with Crippen molar-refractivity contribution in [1.29, 1.82) is 0 Å². The third-order valence-corrected chi connectivity index (χ3v) is 6.74. The summed E-state index contributed by atoms with van der Waals surface area (Å²) in [6.07, 6.45) is -0.262. The van der Waals surface area contributed by atoms with Gasteiger partial charge in [-0.1, -0.05) is 20.8 Å². The van der Waals surface area contributed by atoms with Crippen molar-refractivity contribution in [2.24, 2.45) is 5.41 Å². The molecule has 3 atom stereocenters. The number of allylic oxidation sites excluding steroid dienone is 2. The number of benzene rings is 1. The molecule has 0 spiro atoms. The number of phenols is 3. The second-order valence-corrected chi connectivity index (χ2v) is 9.80. The number of hydrogen-bond acceptors (Lipinski definition) is 10. The van der Waals surface area contributed by atoms with Crippen LogP contribution in [-0.4, -0.2) is 62.6 Å². The number of aromatic hydroxyl groups is 3. The highest BCUT2D eigenvalue weighted by molar-refractivity contribution is 6.13. The summed E-state index contributed by atoms with van der Waals surface area (Å²) in [7, 11) is 0. The van der Waals surface area contributed by atoms with E-state index < -0.39 is 82.4 Å². The van der Waals surface area contributed by atoms with Crippen LogP contribution in [0.4, 0.5) is 0 Å². The summed E-state index contributed by atoms with van der Waals surface area (Å²) in [4.78, 5) is 36.2. The minimum Gasteiger partial charge on any atom is -0.507 e. The summed E-state index contributed by atoms with van der Waals surface area (Å²) >= 11 is 0. The molecule has 0 aliphatic heterocycles. The first-order valence-electron chi connectivity index (χ1n) is 10.9. The van der Waals surface area contributed by atoms with Gasteiger partial charge in [-0.2, -0.15) is 0 Å². The zero-order valence-electron chi connectivity index (χ0n) is 19.8. The fourth-order valence-electron chi connectivity index (χ4n) is 5.73. The molecule has 1 aromatic carbocycles. The van der Waals surface area contributed by atoms with Gasteiger partial charge in [0.25, 0.3) is 0 Å². The van der Waals surface area contributed by atoms with Crippen LogP contribution in [-0.2, 0) is 24.5 Å². The Morgan fingerprint density at radius 2 is 1.62 bits per heavy atom. The van der Waals surface area contributed by atoms with Crippen LogP contribution in [0.15, 0.2) is 11.3 Å². The second kappa shape index (κ2) is 8.50. The number of ether oxygens (including phenoxy) is 2. The molecular formula is C24H30O10. The molecule has 2 aliphatic rings. The van der Waals surface area contributed by atoms with Crippen molar-refractivity contribution in [1.82, 2.24) is 0 Å². The average molecular weight is 478 g/mol. The Bertz CT molecular complexity index is 1100. The van der Waals surface area contributed by atoms with Crippen LogP contribution < -0.4 is 0 Å². The molecule has 0 heterocycles. The lowest BCUT2D eigenvalue weighted by molar-refractivity contribution is -0.149. The normalized spacial score (nSPS) is 24.2. The van der Waals surface area contributed by atoms with Crippen LogP contribution in [0.2, 0.25) is 0 Å². The number of ketones is 1. The van der Waals surface area contributed by atoms with Crippen LogP contribution in [0.3, 0.4) is 0 Å². The molecule has 0 aromatic heterocycles. The molecule has 1 aromatic rings. The highest BCUT2D eigenvalue weighted by Gasteiger charge is 2.56.